The number of nitrogens with zero attached hydrogens (tertiary/aromatic N) is 2. The van der Waals surface area contributed by atoms with Crippen LogP contribution in [0, 0.1) is 0 Å². The second-order valence-corrected chi connectivity index (χ2v) is 9.75. The summed E-state index contributed by atoms with van der Waals surface area (Å²) >= 11 is 4.06. The van der Waals surface area contributed by atoms with Crippen molar-refractivity contribution in [3.8, 4) is 0 Å². The molecule has 1 aromatic carbocycles. The first-order valence-corrected chi connectivity index (χ1v) is 11.5. The van der Waals surface area contributed by atoms with E-state index in [2.05, 4.69) is 22.3 Å². The van der Waals surface area contributed by atoms with Crippen molar-refractivity contribution < 1.29 is 4.79 Å². The van der Waals surface area contributed by atoms with Gasteiger partial charge < -0.3 is 10.2 Å². The van der Waals surface area contributed by atoms with Crippen LogP contribution in [0.3, 0.4) is 0 Å². The van der Waals surface area contributed by atoms with Crippen LogP contribution in [0.2, 0.25) is 0 Å². The number of carbonyl (C=O) groups is 1. The minimum Gasteiger partial charge on any atom is -0.337 e. The highest BCUT2D eigenvalue weighted by Crippen LogP contribution is 2.43. The number of nitrogens with one attached hydrogen (secondary N) is 1. The van der Waals surface area contributed by atoms with Crippen molar-refractivity contribution in [2.75, 3.05) is 50.8 Å². The minimum absolute atomic E-state index is 0.202. The van der Waals surface area contributed by atoms with E-state index >= 15 is 0 Å². The molecular weight excluding hydrogens is 350 g/mol. The van der Waals surface area contributed by atoms with Crippen LogP contribution in [-0.4, -0.2) is 72.5 Å². The molecule has 3 aliphatic rings. The number of hydrogen-bond donors (Lipinski definition) is 1. The number of hydrogen-bond acceptors (Lipinski definition) is 5. The lowest BCUT2D eigenvalue weighted by Gasteiger charge is -2.32. The van der Waals surface area contributed by atoms with Crippen LogP contribution >= 0.6 is 23.5 Å². The predicted molar refractivity (Wildman–Crippen MR) is 107 cm³/mol. The molecule has 1 amide bonds. The lowest BCUT2D eigenvalue weighted by molar-refractivity contribution is 0.0773. The Hall–Kier alpha value is -0.690. The molecule has 0 aliphatic carbocycles. The molecule has 3 saturated heterocycles. The molecule has 6 heteroatoms. The van der Waals surface area contributed by atoms with Crippen molar-refractivity contribution in [1.82, 2.24) is 15.1 Å². The fourth-order valence-electron chi connectivity index (χ4n) is 3.92. The Bertz CT molecular complexity index is 583. The second kappa shape index (κ2) is 8.33. The van der Waals surface area contributed by atoms with Crippen molar-refractivity contribution in [1.29, 1.82) is 0 Å². The molecular formula is C19H27N3OS2. The first-order chi connectivity index (χ1) is 12.3. The van der Waals surface area contributed by atoms with Gasteiger partial charge in [-0.2, -0.15) is 0 Å². The van der Waals surface area contributed by atoms with Gasteiger partial charge in [-0.25, -0.2) is 0 Å². The standard InChI is InChI=1S/C19H27N3OS2/c23-18(22-9-6-17(14-22)21-10-7-20-8-11-21)15-2-4-16(5-3-15)19-24-12-1-13-25-19/h2-5,17,19-20H,1,6-14H2. The van der Waals surface area contributed by atoms with E-state index in [0.717, 1.165) is 51.3 Å². The first kappa shape index (κ1) is 17.7. The quantitative estimate of drug-likeness (QED) is 0.876. The molecule has 0 bridgehead atoms. The third-order valence-electron chi connectivity index (χ3n) is 5.38. The summed E-state index contributed by atoms with van der Waals surface area (Å²) in [4.78, 5) is 17.4. The summed E-state index contributed by atoms with van der Waals surface area (Å²) < 4.78 is 0.543. The van der Waals surface area contributed by atoms with E-state index in [1.165, 1.54) is 23.5 Å². The van der Waals surface area contributed by atoms with Crippen LogP contribution in [0.5, 0.6) is 0 Å². The summed E-state index contributed by atoms with van der Waals surface area (Å²) in [6, 6.07) is 8.93. The summed E-state index contributed by atoms with van der Waals surface area (Å²) in [5.74, 6) is 2.70. The van der Waals surface area contributed by atoms with Crippen LogP contribution in [0.4, 0.5) is 0 Å². The fourth-order valence-corrected chi connectivity index (χ4v) is 6.81. The molecule has 0 spiro atoms. The Morgan fingerprint density at radius 2 is 1.76 bits per heavy atom. The van der Waals surface area contributed by atoms with E-state index in [-0.39, 0.29) is 5.91 Å². The topological polar surface area (TPSA) is 35.6 Å². The Balaban J connectivity index is 1.36. The molecule has 25 heavy (non-hydrogen) atoms. The van der Waals surface area contributed by atoms with Crippen LogP contribution in [-0.2, 0) is 0 Å². The Labute approximate surface area is 159 Å². The molecule has 1 N–H and O–H groups in total. The van der Waals surface area contributed by atoms with Gasteiger partial charge >= 0.3 is 0 Å². The molecule has 136 valence electrons. The SMILES string of the molecule is O=C(c1ccc(C2SCCCS2)cc1)N1CCC(N2CCNCC2)C1. The Morgan fingerprint density at radius 1 is 1.04 bits per heavy atom. The number of carbonyl (C=O) groups excluding carboxylic acids is 1. The highest BCUT2D eigenvalue weighted by atomic mass is 32.2. The van der Waals surface area contributed by atoms with E-state index in [1.54, 1.807) is 0 Å². The fraction of sp³-hybridized carbons (Fsp3) is 0.632. The van der Waals surface area contributed by atoms with E-state index < -0.39 is 0 Å². The summed E-state index contributed by atoms with van der Waals surface area (Å²) in [6.45, 7) is 6.14. The molecule has 3 heterocycles. The van der Waals surface area contributed by atoms with E-state index in [4.69, 9.17) is 0 Å². The molecule has 4 nitrogen and oxygen atoms in total. The van der Waals surface area contributed by atoms with Crippen molar-refractivity contribution >= 4 is 29.4 Å². The summed E-state index contributed by atoms with van der Waals surface area (Å²) in [7, 11) is 0. The predicted octanol–water partition coefficient (Wildman–Crippen LogP) is 2.68. The van der Waals surface area contributed by atoms with Gasteiger partial charge in [0.1, 0.15) is 0 Å². The van der Waals surface area contributed by atoms with Gasteiger partial charge in [0.25, 0.3) is 5.91 Å². The molecule has 4 rings (SSSR count). The molecule has 3 fully saturated rings. The van der Waals surface area contributed by atoms with Gasteiger partial charge in [-0.05, 0) is 42.0 Å². The average Bonchev–Trinajstić information content (AvgIpc) is 3.19. The van der Waals surface area contributed by atoms with Crippen molar-refractivity contribution in [2.45, 2.75) is 23.5 Å². The van der Waals surface area contributed by atoms with Crippen molar-refractivity contribution in [2.24, 2.45) is 0 Å². The molecule has 0 aromatic heterocycles. The maximum absolute atomic E-state index is 12.8. The van der Waals surface area contributed by atoms with Gasteiger partial charge in [0.05, 0.1) is 4.58 Å². The number of thioether (sulfide) groups is 2. The largest absolute Gasteiger partial charge is 0.337 e. The molecule has 1 atom stereocenters. The van der Waals surface area contributed by atoms with Gasteiger partial charge in [-0.1, -0.05) is 12.1 Å². The number of rotatable bonds is 3. The molecule has 1 aromatic rings. The number of likely N-dealkylation sites (tertiary alicyclic amines) is 1. The van der Waals surface area contributed by atoms with Crippen LogP contribution in [0.25, 0.3) is 0 Å². The van der Waals surface area contributed by atoms with Crippen LogP contribution in [0.15, 0.2) is 24.3 Å². The number of benzene rings is 1. The zero-order valence-corrected chi connectivity index (χ0v) is 16.3. The zero-order valence-electron chi connectivity index (χ0n) is 14.7. The third kappa shape index (κ3) is 4.18. The molecule has 0 saturated carbocycles. The van der Waals surface area contributed by atoms with E-state index in [1.807, 2.05) is 40.6 Å². The maximum atomic E-state index is 12.8. The molecule has 3 aliphatic heterocycles. The first-order valence-electron chi connectivity index (χ1n) is 9.38. The Morgan fingerprint density at radius 3 is 2.48 bits per heavy atom. The highest BCUT2D eigenvalue weighted by Gasteiger charge is 2.31. The van der Waals surface area contributed by atoms with Crippen molar-refractivity contribution in [3.63, 3.8) is 0 Å². The van der Waals surface area contributed by atoms with Gasteiger partial charge in [0.15, 0.2) is 0 Å². The highest BCUT2D eigenvalue weighted by molar-refractivity contribution is 8.16. The normalized spacial score (nSPS) is 26.1. The Kier molecular flexibility index (Phi) is 5.90. The monoisotopic (exact) mass is 377 g/mol. The second-order valence-electron chi connectivity index (χ2n) is 7.03. The van der Waals surface area contributed by atoms with E-state index in [9.17, 15) is 4.79 Å². The molecule has 1 unspecified atom stereocenters. The lowest BCUT2D eigenvalue weighted by Crippen LogP contribution is -2.49. The summed E-state index contributed by atoms with van der Waals surface area (Å²) in [6.07, 6.45) is 2.42. The van der Waals surface area contributed by atoms with Gasteiger partial charge in [0.2, 0.25) is 0 Å². The number of piperazine rings is 1. The maximum Gasteiger partial charge on any atom is 0.253 e. The summed E-state index contributed by atoms with van der Waals surface area (Å²) in [5, 5.41) is 3.40. The van der Waals surface area contributed by atoms with E-state index in [0.29, 0.717) is 10.6 Å². The van der Waals surface area contributed by atoms with Gasteiger partial charge in [-0.15, -0.1) is 23.5 Å². The van der Waals surface area contributed by atoms with Crippen molar-refractivity contribution in [3.05, 3.63) is 35.4 Å². The molecule has 0 radical (unpaired) electrons. The van der Waals surface area contributed by atoms with Crippen LogP contribution in [0.1, 0.15) is 33.3 Å². The van der Waals surface area contributed by atoms with Gasteiger partial charge in [-0.3, -0.25) is 9.69 Å². The third-order valence-corrected chi connectivity index (χ3v) is 8.39. The average molecular weight is 378 g/mol. The zero-order chi connectivity index (χ0) is 17.1. The smallest absolute Gasteiger partial charge is 0.253 e. The van der Waals surface area contributed by atoms with Gasteiger partial charge in [0, 0.05) is 50.9 Å². The summed E-state index contributed by atoms with van der Waals surface area (Å²) in [5.41, 5.74) is 2.20. The lowest BCUT2D eigenvalue weighted by atomic mass is 10.1. The minimum atomic E-state index is 0.202. The van der Waals surface area contributed by atoms with Crippen LogP contribution < -0.4 is 5.32 Å². The number of amides is 1.